The van der Waals surface area contributed by atoms with E-state index in [1.54, 1.807) is 13.8 Å². The lowest BCUT2D eigenvalue weighted by molar-refractivity contribution is 0.422. The molecule has 0 aromatic heterocycles. The molecular weight excluding hydrogens is 236 g/mol. The second-order valence-electron chi connectivity index (χ2n) is 5.46. The van der Waals surface area contributed by atoms with E-state index in [0.717, 1.165) is 12.8 Å². The summed E-state index contributed by atoms with van der Waals surface area (Å²) in [4.78, 5) is 0. The van der Waals surface area contributed by atoms with Gasteiger partial charge in [-0.15, -0.1) is 0 Å². The van der Waals surface area contributed by atoms with Gasteiger partial charge in [-0.1, -0.05) is 58.3 Å². The average Bonchev–Trinajstić information content (AvgIpc) is 2.20. The fourth-order valence-corrected chi connectivity index (χ4v) is 2.22. The van der Waals surface area contributed by atoms with Crippen LogP contribution < -0.4 is 0 Å². The molecule has 0 amide bonds. The van der Waals surface area contributed by atoms with Gasteiger partial charge >= 0.3 is 0 Å². The number of unbranched alkanes of at least 4 members (excludes halogenated alkanes) is 7. The normalized spacial score (nSPS) is 12.9. The topological polar surface area (TPSA) is 54.4 Å². The van der Waals surface area contributed by atoms with E-state index >= 15 is 0 Å². The van der Waals surface area contributed by atoms with Crippen LogP contribution in [0.5, 0.6) is 0 Å². The van der Waals surface area contributed by atoms with Crippen LogP contribution in [0.25, 0.3) is 0 Å². The quantitative estimate of drug-likeness (QED) is 0.475. The highest BCUT2D eigenvalue weighted by molar-refractivity contribution is 7.87. The first-order chi connectivity index (χ1) is 7.81. The van der Waals surface area contributed by atoms with E-state index in [4.69, 9.17) is 4.55 Å². The highest BCUT2D eigenvalue weighted by Crippen LogP contribution is 2.23. The molecule has 0 saturated heterocycles. The third kappa shape index (κ3) is 7.77. The summed E-state index contributed by atoms with van der Waals surface area (Å²) in [7, 11) is -3.91. The van der Waals surface area contributed by atoms with Gasteiger partial charge in [0, 0.05) is 0 Å². The number of rotatable bonds is 10. The van der Waals surface area contributed by atoms with Crippen LogP contribution in [0.3, 0.4) is 0 Å². The number of hydrogen-bond acceptors (Lipinski definition) is 2. The van der Waals surface area contributed by atoms with Crippen molar-refractivity contribution >= 4 is 10.1 Å². The van der Waals surface area contributed by atoms with Gasteiger partial charge in [0.2, 0.25) is 0 Å². The van der Waals surface area contributed by atoms with Gasteiger partial charge in [-0.2, -0.15) is 8.42 Å². The molecule has 0 unspecified atom stereocenters. The molecule has 0 bridgehead atoms. The van der Waals surface area contributed by atoms with E-state index in [-0.39, 0.29) is 0 Å². The van der Waals surface area contributed by atoms with Crippen molar-refractivity contribution in [3.8, 4) is 0 Å². The van der Waals surface area contributed by atoms with Gasteiger partial charge in [0.05, 0.1) is 4.75 Å². The van der Waals surface area contributed by atoms with Gasteiger partial charge in [0.15, 0.2) is 0 Å². The molecule has 0 fully saturated rings. The Morgan fingerprint density at radius 3 is 1.71 bits per heavy atom. The van der Waals surface area contributed by atoms with Gasteiger partial charge in [0.1, 0.15) is 0 Å². The smallest absolute Gasteiger partial charge is 0.270 e. The zero-order valence-electron chi connectivity index (χ0n) is 11.5. The Morgan fingerprint density at radius 1 is 0.882 bits per heavy atom. The summed E-state index contributed by atoms with van der Waals surface area (Å²) in [5.74, 6) is 0. The summed E-state index contributed by atoms with van der Waals surface area (Å²) >= 11 is 0. The molecule has 0 radical (unpaired) electrons. The first-order valence-corrected chi connectivity index (χ1v) is 8.22. The minimum Gasteiger partial charge on any atom is -0.285 e. The molecule has 104 valence electrons. The van der Waals surface area contributed by atoms with Gasteiger partial charge in [-0.25, -0.2) is 0 Å². The van der Waals surface area contributed by atoms with Crippen LogP contribution >= 0.6 is 0 Å². The summed E-state index contributed by atoms with van der Waals surface area (Å²) < 4.78 is 30.1. The standard InChI is InChI=1S/C13H28O3S/c1-4-5-6-7-8-9-10-11-12-13(2,3)17(14,15)16/h4-12H2,1-3H3,(H,14,15,16). The summed E-state index contributed by atoms with van der Waals surface area (Å²) in [6.45, 7) is 5.38. The van der Waals surface area contributed by atoms with Crippen molar-refractivity contribution in [2.75, 3.05) is 0 Å². The SMILES string of the molecule is CCCCCCCCCCC(C)(C)S(=O)(=O)O. The molecular formula is C13H28O3S. The monoisotopic (exact) mass is 264 g/mol. The van der Waals surface area contributed by atoms with Gasteiger partial charge in [0.25, 0.3) is 10.1 Å². The largest absolute Gasteiger partial charge is 0.285 e. The van der Waals surface area contributed by atoms with Crippen LogP contribution in [0, 0.1) is 0 Å². The van der Waals surface area contributed by atoms with Crippen molar-refractivity contribution in [3.63, 3.8) is 0 Å². The van der Waals surface area contributed by atoms with Gasteiger partial charge in [-0.05, 0) is 20.3 Å². The maximum Gasteiger partial charge on any atom is 0.270 e. The van der Waals surface area contributed by atoms with Crippen LogP contribution in [0.4, 0.5) is 0 Å². The van der Waals surface area contributed by atoms with E-state index in [1.807, 2.05) is 0 Å². The van der Waals surface area contributed by atoms with Crippen molar-refractivity contribution in [3.05, 3.63) is 0 Å². The minimum atomic E-state index is -3.91. The molecule has 0 atom stereocenters. The molecule has 0 heterocycles. The Labute approximate surface area is 107 Å². The molecule has 3 nitrogen and oxygen atoms in total. The summed E-state index contributed by atoms with van der Waals surface area (Å²) in [5, 5.41) is 0. The zero-order valence-corrected chi connectivity index (χ0v) is 12.4. The van der Waals surface area contributed by atoms with E-state index in [9.17, 15) is 8.42 Å². The fourth-order valence-electron chi connectivity index (χ4n) is 1.81. The molecule has 0 aliphatic rings. The highest BCUT2D eigenvalue weighted by Gasteiger charge is 2.31. The molecule has 0 spiro atoms. The van der Waals surface area contributed by atoms with Crippen molar-refractivity contribution in [2.24, 2.45) is 0 Å². The van der Waals surface area contributed by atoms with Crippen LogP contribution in [-0.4, -0.2) is 17.7 Å². The molecule has 0 saturated carbocycles. The van der Waals surface area contributed by atoms with Crippen molar-refractivity contribution in [1.29, 1.82) is 0 Å². The van der Waals surface area contributed by atoms with E-state index in [0.29, 0.717) is 6.42 Å². The van der Waals surface area contributed by atoms with Crippen LogP contribution in [0.1, 0.15) is 78.6 Å². The second kappa shape index (κ2) is 8.09. The lowest BCUT2D eigenvalue weighted by Crippen LogP contribution is -2.31. The second-order valence-corrected chi connectivity index (χ2v) is 7.51. The molecule has 4 heteroatoms. The average molecular weight is 264 g/mol. The number of hydrogen-bond donors (Lipinski definition) is 1. The predicted molar refractivity (Wildman–Crippen MR) is 72.9 cm³/mol. The summed E-state index contributed by atoms with van der Waals surface area (Å²) in [5.41, 5.74) is 0. The molecule has 0 aliphatic carbocycles. The molecule has 1 N–H and O–H groups in total. The first kappa shape index (κ1) is 16.9. The Balaban J connectivity index is 3.52. The van der Waals surface area contributed by atoms with Crippen LogP contribution in [-0.2, 0) is 10.1 Å². The summed E-state index contributed by atoms with van der Waals surface area (Å²) in [6, 6.07) is 0. The maximum atomic E-state index is 11.0. The first-order valence-electron chi connectivity index (χ1n) is 6.78. The predicted octanol–water partition coefficient (Wildman–Crippen LogP) is 4.18. The van der Waals surface area contributed by atoms with Gasteiger partial charge in [-0.3, -0.25) is 4.55 Å². The van der Waals surface area contributed by atoms with Crippen LogP contribution in [0.2, 0.25) is 0 Å². The Kier molecular flexibility index (Phi) is 8.05. The molecule has 0 aromatic carbocycles. The van der Waals surface area contributed by atoms with Crippen LogP contribution in [0.15, 0.2) is 0 Å². The summed E-state index contributed by atoms with van der Waals surface area (Å²) in [6.07, 6.45) is 10.1. The lowest BCUT2D eigenvalue weighted by atomic mass is 10.0. The Hall–Kier alpha value is -0.0900. The molecule has 0 aromatic rings. The highest BCUT2D eigenvalue weighted by atomic mass is 32.2. The van der Waals surface area contributed by atoms with Crippen molar-refractivity contribution in [1.82, 2.24) is 0 Å². The maximum absolute atomic E-state index is 11.0. The zero-order chi connectivity index (χ0) is 13.4. The third-order valence-corrected chi connectivity index (χ3v) is 4.93. The van der Waals surface area contributed by atoms with E-state index in [2.05, 4.69) is 6.92 Å². The lowest BCUT2D eigenvalue weighted by Gasteiger charge is -2.20. The van der Waals surface area contributed by atoms with E-state index < -0.39 is 14.9 Å². The van der Waals surface area contributed by atoms with Crippen molar-refractivity contribution < 1.29 is 13.0 Å². The van der Waals surface area contributed by atoms with Crippen molar-refractivity contribution in [2.45, 2.75) is 83.3 Å². The van der Waals surface area contributed by atoms with E-state index in [1.165, 1.54) is 38.5 Å². The Morgan fingerprint density at radius 2 is 1.29 bits per heavy atom. The molecule has 0 rings (SSSR count). The molecule has 0 aliphatic heterocycles. The third-order valence-electron chi connectivity index (χ3n) is 3.33. The fraction of sp³-hybridized carbons (Fsp3) is 1.00. The minimum absolute atomic E-state index is 0.542. The Bertz CT molecular complexity index is 281. The van der Waals surface area contributed by atoms with Gasteiger partial charge < -0.3 is 0 Å². The molecule has 17 heavy (non-hydrogen) atoms.